The molecule has 0 bridgehead atoms. The van der Waals surface area contributed by atoms with Gasteiger partial charge in [0.25, 0.3) is 0 Å². The van der Waals surface area contributed by atoms with Gasteiger partial charge in [0, 0.05) is 31.5 Å². The first-order chi connectivity index (χ1) is 15.0. The van der Waals surface area contributed by atoms with Crippen molar-refractivity contribution in [1.82, 2.24) is 19.2 Å². The highest BCUT2D eigenvalue weighted by molar-refractivity contribution is 5.79. The number of aryl methyl sites for hydroxylation is 1. The Labute approximate surface area is 179 Å². The van der Waals surface area contributed by atoms with Crippen molar-refractivity contribution in [2.24, 2.45) is 5.92 Å². The number of amides is 1. The van der Waals surface area contributed by atoms with Crippen LogP contribution in [0, 0.1) is 12.8 Å². The monoisotopic (exact) mass is 416 g/mol. The van der Waals surface area contributed by atoms with E-state index in [0.29, 0.717) is 31.9 Å². The maximum atomic E-state index is 12.8. The van der Waals surface area contributed by atoms with E-state index in [4.69, 9.17) is 0 Å². The third-order valence-electron chi connectivity index (χ3n) is 6.36. The van der Waals surface area contributed by atoms with E-state index in [-0.39, 0.29) is 24.3 Å². The number of carbonyl (C=O) groups is 1. The molecule has 0 unspecified atom stereocenters. The molecule has 3 heterocycles. The highest BCUT2D eigenvalue weighted by Crippen LogP contribution is 2.37. The topological polar surface area (TPSA) is 77.2 Å². The molecule has 7 heteroatoms. The van der Waals surface area contributed by atoms with Gasteiger partial charge < -0.3 is 4.90 Å². The molecule has 7 nitrogen and oxygen atoms in total. The summed E-state index contributed by atoms with van der Waals surface area (Å²) in [4.78, 5) is 40.0. The average Bonchev–Trinajstić information content (AvgIpc) is 3.33. The second-order valence-electron chi connectivity index (χ2n) is 8.55. The predicted octanol–water partition coefficient (Wildman–Crippen LogP) is 1.56. The zero-order valence-corrected chi connectivity index (χ0v) is 17.4. The fourth-order valence-electron chi connectivity index (χ4n) is 4.65. The highest BCUT2D eigenvalue weighted by atomic mass is 16.2. The van der Waals surface area contributed by atoms with Crippen molar-refractivity contribution in [3.8, 4) is 0 Å². The molecule has 31 heavy (non-hydrogen) atoms. The Morgan fingerprint density at radius 2 is 1.68 bits per heavy atom. The molecule has 2 aromatic carbocycles. The van der Waals surface area contributed by atoms with Crippen LogP contribution < -0.4 is 11.1 Å². The summed E-state index contributed by atoms with van der Waals surface area (Å²) >= 11 is 0. The highest BCUT2D eigenvalue weighted by Gasteiger charge is 2.44. The van der Waals surface area contributed by atoms with Gasteiger partial charge in [-0.2, -0.15) is 5.10 Å². The van der Waals surface area contributed by atoms with Crippen LogP contribution in [0.4, 0.5) is 0 Å². The molecule has 1 saturated heterocycles. The fraction of sp³-hybridized carbons (Fsp3) is 0.333. The van der Waals surface area contributed by atoms with Crippen LogP contribution in [0.15, 0.2) is 64.2 Å². The normalized spacial score (nSPS) is 19.3. The van der Waals surface area contributed by atoms with Gasteiger partial charge in [-0.25, -0.2) is 4.68 Å². The summed E-state index contributed by atoms with van der Waals surface area (Å²) in [5.74, 6) is 0.811. The molecule has 0 N–H and O–H groups in total. The quantitative estimate of drug-likeness (QED) is 0.605. The van der Waals surface area contributed by atoms with Crippen LogP contribution in [-0.4, -0.2) is 38.2 Å². The standard InChI is InChI=1S/C24H24N4O3/c1-16-7-9-18(10-8-16)12-28-24(31)23(30)27-14-19-13-26(15-20(19)22(27)25-28)21(29)11-17-5-3-2-4-6-17/h2-10,19-20H,11-15H2,1H3/t19-,20+/m1/s1. The molecule has 158 valence electrons. The molecule has 0 radical (unpaired) electrons. The third kappa shape index (κ3) is 3.60. The lowest BCUT2D eigenvalue weighted by molar-refractivity contribution is -0.129. The first-order valence-corrected chi connectivity index (χ1v) is 10.6. The number of hydrogen-bond acceptors (Lipinski definition) is 4. The van der Waals surface area contributed by atoms with E-state index in [1.807, 2.05) is 66.4 Å². The number of aromatic nitrogens is 3. The number of fused-ring (bicyclic) bond motifs is 3. The summed E-state index contributed by atoms with van der Waals surface area (Å²) in [6, 6.07) is 17.5. The number of nitrogens with zero attached hydrogens (tertiary/aromatic N) is 4. The van der Waals surface area contributed by atoms with Gasteiger partial charge in [0.05, 0.1) is 13.0 Å². The van der Waals surface area contributed by atoms with E-state index in [9.17, 15) is 14.4 Å². The lowest BCUT2D eigenvalue weighted by Crippen LogP contribution is -2.44. The molecular formula is C24H24N4O3. The summed E-state index contributed by atoms with van der Waals surface area (Å²) in [6.45, 7) is 3.83. The smallest absolute Gasteiger partial charge is 0.332 e. The summed E-state index contributed by atoms with van der Waals surface area (Å²) in [5, 5.41) is 4.58. The average molecular weight is 416 g/mol. The maximum absolute atomic E-state index is 12.8. The van der Waals surface area contributed by atoms with Crippen molar-refractivity contribution in [2.45, 2.75) is 32.4 Å². The number of rotatable bonds is 4. The Kier molecular flexibility index (Phi) is 4.81. The summed E-state index contributed by atoms with van der Waals surface area (Å²) < 4.78 is 2.79. The molecule has 1 amide bonds. The van der Waals surface area contributed by atoms with Gasteiger partial charge in [-0.3, -0.25) is 19.0 Å². The van der Waals surface area contributed by atoms with Crippen molar-refractivity contribution in [1.29, 1.82) is 0 Å². The molecule has 3 aromatic rings. The molecule has 0 spiro atoms. The minimum Gasteiger partial charge on any atom is -0.341 e. The van der Waals surface area contributed by atoms with E-state index in [0.717, 1.165) is 16.7 Å². The Morgan fingerprint density at radius 1 is 0.935 bits per heavy atom. The SMILES string of the molecule is Cc1ccc(Cn2nc3n(c(=O)c2=O)C[C@H]2CN(C(=O)Cc4ccccc4)C[C@H]32)cc1. The summed E-state index contributed by atoms with van der Waals surface area (Å²) in [6.07, 6.45) is 0.368. The van der Waals surface area contributed by atoms with Crippen LogP contribution in [0.25, 0.3) is 0 Å². The first kappa shape index (κ1) is 19.5. The van der Waals surface area contributed by atoms with Gasteiger partial charge in [-0.1, -0.05) is 60.2 Å². The lowest BCUT2D eigenvalue weighted by atomic mass is 10.00. The van der Waals surface area contributed by atoms with E-state index >= 15 is 0 Å². The number of carbonyl (C=O) groups excluding carboxylic acids is 1. The van der Waals surface area contributed by atoms with Gasteiger partial charge >= 0.3 is 11.1 Å². The molecule has 2 atom stereocenters. The van der Waals surface area contributed by atoms with Crippen molar-refractivity contribution in [2.75, 3.05) is 13.1 Å². The number of benzene rings is 2. The third-order valence-corrected chi connectivity index (χ3v) is 6.36. The van der Waals surface area contributed by atoms with E-state index in [1.165, 1.54) is 9.25 Å². The zero-order chi connectivity index (χ0) is 21.5. The molecule has 2 aliphatic rings. The Hall–Kier alpha value is -3.48. The molecular weight excluding hydrogens is 392 g/mol. The van der Waals surface area contributed by atoms with Crippen LogP contribution in [-0.2, 0) is 24.3 Å². The zero-order valence-electron chi connectivity index (χ0n) is 17.4. The molecule has 1 aromatic heterocycles. The maximum Gasteiger partial charge on any atom is 0.332 e. The molecule has 2 aliphatic heterocycles. The van der Waals surface area contributed by atoms with E-state index in [2.05, 4.69) is 5.10 Å². The second-order valence-corrected chi connectivity index (χ2v) is 8.55. The number of likely N-dealkylation sites (tertiary alicyclic amines) is 1. The minimum atomic E-state index is -0.596. The van der Waals surface area contributed by atoms with Crippen LogP contribution >= 0.6 is 0 Å². The second kappa shape index (κ2) is 7.65. The van der Waals surface area contributed by atoms with Crippen LogP contribution in [0.3, 0.4) is 0 Å². The van der Waals surface area contributed by atoms with Crippen molar-refractivity contribution < 1.29 is 4.79 Å². The minimum absolute atomic E-state index is 0.0164. The van der Waals surface area contributed by atoms with Crippen molar-refractivity contribution >= 4 is 5.91 Å². The Morgan fingerprint density at radius 3 is 2.42 bits per heavy atom. The van der Waals surface area contributed by atoms with Crippen molar-refractivity contribution in [3.05, 3.63) is 97.8 Å². The van der Waals surface area contributed by atoms with Gasteiger partial charge in [0.1, 0.15) is 5.82 Å². The summed E-state index contributed by atoms with van der Waals surface area (Å²) in [7, 11) is 0. The predicted molar refractivity (Wildman–Crippen MR) is 116 cm³/mol. The first-order valence-electron chi connectivity index (χ1n) is 10.6. The molecule has 0 saturated carbocycles. The van der Waals surface area contributed by atoms with Crippen LogP contribution in [0.2, 0.25) is 0 Å². The van der Waals surface area contributed by atoms with E-state index in [1.54, 1.807) is 0 Å². The van der Waals surface area contributed by atoms with Gasteiger partial charge in [-0.15, -0.1) is 0 Å². The fourth-order valence-corrected chi connectivity index (χ4v) is 4.65. The Bertz CT molecular complexity index is 1240. The van der Waals surface area contributed by atoms with Gasteiger partial charge in [-0.05, 0) is 18.1 Å². The van der Waals surface area contributed by atoms with Crippen LogP contribution in [0.5, 0.6) is 0 Å². The number of hydrogen-bond donors (Lipinski definition) is 0. The van der Waals surface area contributed by atoms with Gasteiger partial charge in [0.2, 0.25) is 5.91 Å². The molecule has 0 aliphatic carbocycles. The Balaban J connectivity index is 1.38. The van der Waals surface area contributed by atoms with E-state index < -0.39 is 11.1 Å². The lowest BCUT2D eigenvalue weighted by Gasteiger charge is -2.18. The van der Waals surface area contributed by atoms with Crippen molar-refractivity contribution in [3.63, 3.8) is 0 Å². The molecule has 5 rings (SSSR count). The van der Waals surface area contributed by atoms with Gasteiger partial charge in [0.15, 0.2) is 0 Å². The largest absolute Gasteiger partial charge is 0.341 e. The van der Waals surface area contributed by atoms with Crippen LogP contribution in [0.1, 0.15) is 28.4 Å². The molecule has 1 fully saturated rings. The summed E-state index contributed by atoms with van der Waals surface area (Å²) in [5.41, 5.74) is 1.93.